The topological polar surface area (TPSA) is 53.4 Å². The van der Waals surface area contributed by atoms with Gasteiger partial charge in [-0.2, -0.15) is 0 Å². The van der Waals surface area contributed by atoms with Crippen molar-refractivity contribution in [3.63, 3.8) is 0 Å². The second-order valence-electron chi connectivity index (χ2n) is 2.77. The maximum Gasteiger partial charge on any atom is 0.150 e. The van der Waals surface area contributed by atoms with Gasteiger partial charge in [0, 0.05) is 10.6 Å². The lowest BCUT2D eigenvalue weighted by Crippen LogP contribution is -2.14. The number of hydrogen-bond donors (Lipinski definition) is 2. The molecule has 5 heteroatoms. The molecule has 1 heterocycles. The molecule has 1 rings (SSSR count). The van der Waals surface area contributed by atoms with E-state index in [0.29, 0.717) is 5.75 Å². The molecule has 0 aromatic carbocycles. The monoisotopic (exact) mass is 219 g/mol. The molecule has 0 aliphatic heterocycles. The van der Waals surface area contributed by atoms with Crippen molar-refractivity contribution in [2.75, 3.05) is 12.4 Å². The van der Waals surface area contributed by atoms with E-state index in [1.807, 2.05) is 13.8 Å². The van der Waals surface area contributed by atoms with Crippen molar-refractivity contribution in [3.8, 4) is 0 Å². The summed E-state index contributed by atoms with van der Waals surface area (Å²) < 4.78 is 0.961. The van der Waals surface area contributed by atoms with Crippen LogP contribution in [0.1, 0.15) is 10.6 Å². The van der Waals surface area contributed by atoms with Gasteiger partial charge in [0.25, 0.3) is 0 Å². The Hall–Kier alpha value is -0.100. The molecule has 1 aromatic heterocycles. The fourth-order valence-corrected chi connectivity index (χ4v) is 2.82. The van der Waals surface area contributed by atoms with Gasteiger partial charge in [-0.15, -0.1) is 11.3 Å². The molecule has 3 nitrogen and oxygen atoms in total. The Morgan fingerprint density at radius 3 is 2.69 bits per heavy atom. The molecule has 0 radical (unpaired) electrons. The van der Waals surface area contributed by atoms with E-state index >= 15 is 0 Å². The summed E-state index contributed by atoms with van der Waals surface area (Å²) in [6.45, 7) is 3.81. The maximum atomic E-state index is 9.10. The Morgan fingerprint density at radius 1 is 1.54 bits per heavy atom. The first kappa shape index (κ1) is 11.0. The molecule has 0 aliphatic rings. The molecule has 0 fully saturated rings. The number of hydrogen-bond acceptors (Lipinski definition) is 5. The van der Waals surface area contributed by atoms with E-state index in [1.165, 1.54) is 16.6 Å². The number of thiazole rings is 1. The molecule has 1 atom stereocenters. The number of aryl methyl sites for hydroxylation is 2. The summed E-state index contributed by atoms with van der Waals surface area (Å²) in [5, 5.41) is 17.7. The molecule has 13 heavy (non-hydrogen) atoms. The Balaban J connectivity index is 2.45. The van der Waals surface area contributed by atoms with Crippen LogP contribution < -0.4 is 0 Å². The summed E-state index contributed by atoms with van der Waals surface area (Å²) in [6.07, 6.45) is -0.644. The fourth-order valence-electron chi connectivity index (χ4n) is 0.725. The van der Waals surface area contributed by atoms with Crippen molar-refractivity contribution in [3.05, 3.63) is 10.6 Å². The normalized spacial score (nSPS) is 13.2. The van der Waals surface area contributed by atoms with E-state index in [1.54, 1.807) is 11.3 Å². The highest BCUT2D eigenvalue weighted by molar-refractivity contribution is 8.01. The van der Waals surface area contributed by atoms with Crippen LogP contribution in [-0.4, -0.2) is 33.7 Å². The standard InChI is InChI=1S/C8H13NO2S2/c1-5-6(2)13-8(9-5)12-4-7(11)3-10/h7,10-11H,3-4H2,1-2H3/t7-/m0/s1. The van der Waals surface area contributed by atoms with E-state index in [-0.39, 0.29) is 6.61 Å². The third kappa shape index (κ3) is 3.27. The number of rotatable bonds is 4. The third-order valence-corrected chi connectivity index (χ3v) is 3.98. The highest BCUT2D eigenvalue weighted by Gasteiger charge is 2.07. The van der Waals surface area contributed by atoms with Crippen LogP contribution in [0.3, 0.4) is 0 Å². The first-order chi connectivity index (χ1) is 6.13. The molecule has 0 bridgehead atoms. The molecule has 0 spiro atoms. The second-order valence-corrected chi connectivity index (χ2v) is 5.24. The SMILES string of the molecule is Cc1nc(SC[C@@H](O)CO)sc1C. The lowest BCUT2D eigenvalue weighted by atomic mass is 10.4. The van der Waals surface area contributed by atoms with Crippen LogP contribution in [0.4, 0.5) is 0 Å². The van der Waals surface area contributed by atoms with E-state index in [0.717, 1.165) is 10.0 Å². The number of nitrogens with zero attached hydrogens (tertiary/aromatic N) is 1. The van der Waals surface area contributed by atoms with Crippen molar-refractivity contribution in [2.24, 2.45) is 0 Å². The lowest BCUT2D eigenvalue weighted by Gasteiger charge is -2.03. The summed E-state index contributed by atoms with van der Waals surface area (Å²) in [4.78, 5) is 5.51. The molecular weight excluding hydrogens is 206 g/mol. The van der Waals surface area contributed by atoms with Gasteiger partial charge in [0.2, 0.25) is 0 Å². The molecule has 0 saturated carbocycles. The number of aliphatic hydroxyl groups is 2. The van der Waals surface area contributed by atoms with Crippen molar-refractivity contribution in [1.82, 2.24) is 4.98 Å². The predicted octanol–water partition coefficient (Wildman–Crippen LogP) is 1.21. The van der Waals surface area contributed by atoms with Crippen molar-refractivity contribution >= 4 is 23.1 Å². The average molecular weight is 219 g/mol. The zero-order chi connectivity index (χ0) is 9.84. The number of aromatic nitrogens is 1. The third-order valence-electron chi connectivity index (χ3n) is 1.62. The Kier molecular flexibility index (Phi) is 4.18. The van der Waals surface area contributed by atoms with Gasteiger partial charge in [0.1, 0.15) is 4.34 Å². The van der Waals surface area contributed by atoms with Gasteiger partial charge in [0.15, 0.2) is 0 Å². The molecule has 1 aromatic rings. The zero-order valence-corrected chi connectivity index (χ0v) is 9.28. The van der Waals surface area contributed by atoms with Crippen LogP contribution in [0, 0.1) is 13.8 Å². The van der Waals surface area contributed by atoms with Crippen molar-refractivity contribution < 1.29 is 10.2 Å². The van der Waals surface area contributed by atoms with Crippen LogP contribution in [0.5, 0.6) is 0 Å². The van der Waals surface area contributed by atoms with E-state index in [4.69, 9.17) is 10.2 Å². The van der Waals surface area contributed by atoms with Gasteiger partial charge in [0.05, 0.1) is 18.4 Å². The Bertz CT molecular complexity index is 256. The minimum Gasteiger partial charge on any atom is -0.394 e. The number of thioether (sulfide) groups is 1. The average Bonchev–Trinajstić information content (AvgIpc) is 2.42. The van der Waals surface area contributed by atoms with E-state index in [2.05, 4.69) is 4.98 Å². The highest BCUT2D eigenvalue weighted by Crippen LogP contribution is 2.26. The summed E-state index contributed by atoms with van der Waals surface area (Å²) >= 11 is 3.11. The maximum absolute atomic E-state index is 9.10. The first-order valence-electron chi connectivity index (χ1n) is 3.99. The zero-order valence-electron chi connectivity index (χ0n) is 7.65. The quantitative estimate of drug-likeness (QED) is 0.747. The van der Waals surface area contributed by atoms with Crippen LogP contribution >= 0.6 is 23.1 Å². The van der Waals surface area contributed by atoms with Crippen LogP contribution in [0.25, 0.3) is 0 Å². The minimum absolute atomic E-state index is 0.184. The highest BCUT2D eigenvalue weighted by atomic mass is 32.2. The van der Waals surface area contributed by atoms with Crippen LogP contribution in [0.2, 0.25) is 0 Å². The molecule has 0 amide bonds. The summed E-state index contributed by atoms with van der Waals surface area (Å²) in [6, 6.07) is 0. The lowest BCUT2D eigenvalue weighted by molar-refractivity contribution is 0.113. The fraction of sp³-hybridized carbons (Fsp3) is 0.625. The van der Waals surface area contributed by atoms with Gasteiger partial charge in [-0.3, -0.25) is 0 Å². The number of aliphatic hydroxyl groups excluding tert-OH is 2. The van der Waals surface area contributed by atoms with Gasteiger partial charge in [-0.25, -0.2) is 4.98 Å². The second kappa shape index (κ2) is 4.95. The minimum atomic E-state index is -0.644. The van der Waals surface area contributed by atoms with E-state index in [9.17, 15) is 0 Å². The predicted molar refractivity (Wildman–Crippen MR) is 55.4 cm³/mol. The van der Waals surface area contributed by atoms with Crippen molar-refractivity contribution in [2.45, 2.75) is 24.3 Å². The van der Waals surface area contributed by atoms with Crippen LogP contribution in [-0.2, 0) is 0 Å². The molecule has 0 unspecified atom stereocenters. The molecule has 0 aliphatic carbocycles. The van der Waals surface area contributed by atoms with Crippen LogP contribution in [0.15, 0.2) is 4.34 Å². The molecular formula is C8H13NO2S2. The molecule has 0 saturated heterocycles. The molecule has 2 N–H and O–H groups in total. The Labute approximate surface area is 85.8 Å². The summed E-state index contributed by atoms with van der Waals surface area (Å²) in [5.74, 6) is 0.503. The first-order valence-corrected chi connectivity index (χ1v) is 5.79. The van der Waals surface area contributed by atoms with Gasteiger partial charge >= 0.3 is 0 Å². The Morgan fingerprint density at radius 2 is 2.23 bits per heavy atom. The van der Waals surface area contributed by atoms with Crippen molar-refractivity contribution in [1.29, 1.82) is 0 Å². The largest absolute Gasteiger partial charge is 0.394 e. The van der Waals surface area contributed by atoms with E-state index < -0.39 is 6.10 Å². The molecule has 74 valence electrons. The van der Waals surface area contributed by atoms with Gasteiger partial charge < -0.3 is 10.2 Å². The summed E-state index contributed by atoms with van der Waals surface area (Å²) in [7, 11) is 0. The van der Waals surface area contributed by atoms with Gasteiger partial charge in [-0.05, 0) is 13.8 Å². The van der Waals surface area contributed by atoms with Gasteiger partial charge in [-0.1, -0.05) is 11.8 Å². The summed E-state index contributed by atoms with van der Waals surface area (Å²) in [5.41, 5.74) is 1.05. The smallest absolute Gasteiger partial charge is 0.150 e.